The minimum Gasteiger partial charge on any atom is -0.481 e. The molecular formula is C13H19N3O3. The molecule has 0 amide bonds. The normalized spacial score (nSPS) is 16.4. The zero-order chi connectivity index (χ0) is 13.7. The van der Waals surface area contributed by atoms with E-state index in [1.54, 1.807) is 19.5 Å². The van der Waals surface area contributed by atoms with Crippen LogP contribution >= 0.6 is 0 Å². The van der Waals surface area contributed by atoms with Gasteiger partial charge in [0.25, 0.3) is 0 Å². The van der Waals surface area contributed by atoms with Gasteiger partial charge in [-0.1, -0.05) is 0 Å². The average molecular weight is 265 g/mol. The highest BCUT2D eigenvalue weighted by atomic mass is 16.5. The van der Waals surface area contributed by atoms with Crippen LogP contribution in [0.25, 0.3) is 0 Å². The Balaban J connectivity index is 1.87. The van der Waals surface area contributed by atoms with Crippen molar-refractivity contribution in [2.45, 2.75) is 25.7 Å². The van der Waals surface area contributed by atoms with Gasteiger partial charge in [0.05, 0.1) is 19.5 Å². The molecule has 1 aliphatic rings. The number of nitrogens with zero attached hydrogens (tertiary/aromatic N) is 3. The average Bonchev–Trinajstić information content (AvgIpc) is 2.45. The van der Waals surface area contributed by atoms with Gasteiger partial charge >= 0.3 is 5.97 Å². The third-order valence-corrected chi connectivity index (χ3v) is 3.51. The molecular weight excluding hydrogens is 246 g/mol. The van der Waals surface area contributed by atoms with E-state index in [9.17, 15) is 4.79 Å². The number of rotatable bonds is 5. The van der Waals surface area contributed by atoms with Crippen molar-refractivity contribution in [2.75, 3.05) is 25.1 Å². The Kier molecular flexibility index (Phi) is 4.54. The molecule has 1 N–H and O–H groups in total. The molecule has 2 heterocycles. The quantitative estimate of drug-likeness (QED) is 0.871. The van der Waals surface area contributed by atoms with E-state index in [0.717, 1.165) is 38.2 Å². The summed E-state index contributed by atoms with van der Waals surface area (Å²) in [6.07, 6.45) is 6.37. The number of carboxylic acids is 1. The van der Waals surface area contributed by atoms with Crippen molar-refractivity contribution in [3.05, 3.63) is 12.4 Å². The Bertz CT molecular complexity index is 431. The van der Waals surface area contributed by atoms with Crippen molar-refractivity contribution < 1.29 is 14.6 Å². The van der Waals surface area contributed by atoms with Crippen molar-refractivity contribution in [3.8, 4) is 5.88 Å². The molecule has 2 rings (SSSR count). The smallest absolute Gasteiger partial charge is 0.303 e. The Hall–Kier alpha value is -1.85. The monoisotopic (exact) mass is 265 g/mol. The second-order valence-electron chi connectivity index (χ2n) is 4.78. The van der Waals surface area contributed by atoms with Gasteiger partial charge in [-0.25, -0.2) is 0 Å². The summed E-state index contributed by atoms with van der Waals surface area (Å²) in [6.45, 7) is 1.79. The number of ether oxygens (including phenoxy) is 1. The Morgan fingerprint density at radius 3 is 2.84 bits per heavy atom. The minimum atomic E-state index is -0.707. The van der Waals surface area contributed by atoms with Gasteiger partial charge in [-0.3, -0.25) is 9.78 Å². The van der Waals surface area contributed by atoms with Crippen LogP contribution in [0.1, 0.15) is 25.7 Å². The van der Waals surface area contributed by atoms with E-state index in [-0.39, 0.29) is 6.42 Å². The summed E-state index contributed by atoms with van der Waals surface area (Å²) >= 11 is 0. The summed E-state index contributed by atoms with van der Waals surface area (Å²) in [5.41, 5.74) is 0. The van der Waals surface area contributed by atoms with E-state index in [1.807, 2.05) is 0 Å². The first kappa shape index (κ1) is 13.6. The maximum Gasteiger partial charge on any atom is 0.303 e. The van der Waals surface area contributed by atoms with Gasteiger partial charge in [-0.15, -0.1) is 0 Å². The van der Waals surface area contributed by atoms with Gasteiger partial charge in [-0.2, -0.15) is 4.98 Å². The fourth-order valence-corrected chi connectivity index (χ4v) is 2.37. The molecule has 0 bridgehead atoms. The number of carboxylic acid groups (broad SMARTS) is 1. The molecule has 0 aliphatic carbocycles. The summed E-state index contributed by atoms with van der Waals surface area (Å²) in [7, 11) is 1.58. The van der Waals surface area contributed by atoms with Gasteiger partial charge in [-0.05, 0) is 25.2 Å². The van der Waals surface area contributed by atoms with E-state index in [1.165, 1.54) is 0 Å². The van der Waals surface area contributed by atoms with Crippen molar-refractivity contribution in [3.63, 3.8) is 0 Å². The Labute approximate surface area is 112 Å². The van der Waals surface area contributed by atoms with E-state index < -0.39 is 5.97 Å². The molecule has 1 saturated heterocycles. The summed E-state index contributed by atoms with van der Waals surface area (Å²) in [5, 5.41) is 8.69. The number of aliphatic carboxylic acids is 1. The maximum atomic E-state index is 10.6. The fourth-order valence-electron chi connectivity index (χ4n) is 2.37. The maximum absolute atomic E-state index is 10.6. The first-order chi connectivity index (χ1) is 9.19. The molecule has 1 aromatic heterocycles. The third-order valence-electron chi connectivity index (χ3n) is 3.51. The number of methoxy groups -OCH3 is 1. The number of hydrogen-bond acceptors (Lipinski definition) is 5. The molecule has 104 valence electrons. The highest BCUT2D eigenvalue weighted by molar-refractivity contribution is 5.66. The summed E-state index contributed by atoms with van der Waals surface area (Å²) < 4.78 is 5.07. The minimum absolute atomic E-state index is 0.267. The second-order valence-corrected chi connectivity index (χ2v) is 4.78. The number of hydrogen-bond donors (Lipinski definition) is 1. The van der Waals surface area contributed by atoms with Crippen molar-refractivity contribution in [1.82, 2.24) is 9.97 Å². The van der Waals surface area contributed by atoms with Crippen LogP contribution in [0.2, 0.25) is 0 Å². The van der Waals surface area contributed by atoms with Crippen LogP contribution in [-0.2, 0) is 4.79 Å². The van der Waals surface area contributed by atoms with Gasteiger partial charge in [0.15, 0.2) is 5.82 Å². The summed E-state index contributed by atoms with van der Waals surface area (Å²) in [5.74, 6) is 1.15. The molecule has 1 fully saturated rings. The lowest BCUT2D eigenvalue weighted by Gasteiger charge is -2.32. The highest BCUT2D eigenvalue weighted by Crippen LogP contribution is 2.25. The highest BCUT2D eigenvalue weighted by Gasteiger charge is 2.21. The SMILES string of the molecule is COc1cncc(N2CCC(CCC(=O)O)CC2)n1. The number of carbonyl (C=O) groups is 1. The zero-order valence-electron chi connectivity index (χ0n) is 11.1. The van der Waals surface area contributed by atoms with Crippen molar-refractivity contribution in [2.24, 2.45) is 5.92 Å². The van der Waals surface area contributed by atoms with Gasteiger partial charge < -0.3 is 14.7 Å². The predicted octanol–water partition coefficient (Wildman–Crippen LogP) is 1.57. The van der Waals surface area contributed by atoms with E-state index >= 15 is 0 Å². The first-order valence-electron chi connectivity index (χ1n) is 6.52. The van der Waals surface area contributed by atoms with Crippen LogP contribution in [0.5, 0.6) is 5.88 Å². The van der Waals surface area contributed by atoms with E-state index in [2.05, 4.69) is 14.9 Å². The summed E-state index contributed by atoms with van der Waals surface area (Å²) in [6, 6.07) is 0. The molecule has 0 radical (unpaired) electrons. The van der Waals surface area contributed by atoms with Crippen LogP contribution in [-0.4, -0.2) is 41.2 Å². The molecule has 1 aromatic rings. The van der Waals surface area contributed by atoms with Crippen LogP contribution in [0.4, 0.5) is 5.82 Å². The lowest BCUT2D eigenvalue weighted by molar-refractivity contribution is -0.137. The third kappa shape index (κ3) is 3.81. The van der Waals surface area contributed by atoms with Gasteiger partial charge in [0.1, 0.15) is 0 Å². The number of aromatic nitrogens is 2. The topological polar surface area (TPSA) is 75.5 Å². The van der Waals surface area contributed by atoms with E-state index in [0.29, 0.717) is 11.8 Å². The fraction of sp³-hybridized carbons (Fsp3) is 0.615. The molecule has 1 aliphatic heterocycles. The zero-order valence-corrected chi connectivity index (χ0v) is 11.1. The van der Waals surface area contributed by atoms with Crippen LogP contribution in [0.15, 0.2) is 12.4 Å². The molecule has 19 heavy (non-hydrogen) atoms. The first-order valence-corrected chi connectivity index (χ1v) is 6.52. The molecule has 6 nitrogen and oxygen atoms in total. The number of piperidine rings is 1. The van der Waals surface area contributed by atoms with Crippen LogP contribution in [0.3, 0.4) is 0 Å². The second kappa shape index (κ2) is 6.36. The van der Waals surface area contributed by atoms with Crippen molar-refractivity contribution >= 4 is 11.8 Å². The standard InChI is InChI=1S/C13H19N3O3/c1-19-12-9-14-8-11(15-12)16-6-4-10(5-7-16)2-3-13(17)18/h8-10H,2-7H2,1H3,(H,17,18). The van der Waals surface area contributed by atoms with Crippen molar-refractivity contribution in [1.29, 1.82) is 0 Å². The summed E-state index contributed by atoms with van der Waals surface area (Å²) in [4.78, 5) is 21.2. The lowest BCUT2D eigenvalue weighted by atomic mass is 9.92. The molecule has 0 aromatic carbocycles. The Morgan fingerprint density at radius 2 is 2.21 bits per heavy atom. The molecule has 6 heteroatoms. The van der Waals surface area contributed by atoms with Crippen LogP contribution < -0.4 is 9.64 Å². The number of anilines is 1. The molecule has 0 saturated carbocycles. The van der Waals surface area contributed by atoms with Crippen LogP contribution in [0, 0.1) is 5.92 Å². The van der Waals surface area contributed by atoms with E-state index in [4.69, 9.17) is 9.84 Å². The lowest BCUT2D eigenvalue weighted by Crippen LogP contribution is -2.34. The largest absolute Gasteiger partial charge is 0.481 e. The Morgan fingerprint density at radius 1 is 1.47 bits per heavy atom. The molecule has 0 atom stereocenters. The molecule has 0 unspecified atom stereocenters. The van der Waals surface area contributed by atoms with Gasteiger partial charge in [0, 0.05) is 19.5 Å². The van der Waals surface area contributed by atoms with Gasteiger partial charge in [0.2, 0.25) is 5.88 Å². The predicted molar refractivity (Wildman–Crippen MR) is 70.4 cm³/mol. The molecule has 0 spiro atoms.